The fraction of sp³-hybridized carbons (Fsp3) is 0.833. The van der Waals surface area contributed by atoms with Gasteiger partial charge >= 0.3 is 0 Å². The van der Waals surface area contributed by atoms with Crippen LogP contribution in [-0.4, -0.2) is 5.25 Å². The Morgan fingerprint density at radius 1 is 1.00 bits per heavy atom. The summed E-state index contributed by atoms with van der Waals surface area (Å²) in [6.45, 7) is 2.28. The summed E-state index contributed by atoms with van der Waals surface area (Å²) in [4.78, 5) is 0. The maximum Gasteiger partial charge on any atom is 0.0342 e. The number of unbranched alkanes of at least 4 members (excludes halogenated alkanes) is 6. The summed E-state index contributed by atoms with van der Waals surface area (Å²) >= 11 is 0. The van der Waals surface area contributed by atoms with E-state index < -0.39 is 0 Å². The van der Waals surface area contributed by atoms with Crippen molar-refractivity contribution in [3.63, 3.8) is 0 Å². The third-order valence-electron chi connectivity index (χ3n) is 2.62. The minimum absolute atomic E-state index is 0.815. The van der Waals surface area contributed by atoms with Gasteiger partial charge in [0.25, 0.3) is 0 Å². The van der Waals surface area contributed by atoms with E-state index in [1.807, 2.05) is 21.6 Å². The number of hydrogen-bond acceptors (Lipinski definition) is 2. The van der Waals surface area contributed by atoms with E-state index in [-0.39, 0.29) is 0 Å². The molecule has 0 saturated heterocycles. The molecule has 2 heteroatoms. The molecule has 1 heterocycles. The van der Waals surface area contributed by atoms with Crippen LogP contribution in [0.3, 0.4) is 0 Å². The molecule has 0 fully saturated rings. The van der Waals surface area contributed by atoms with Crippen molar-refractivity contribution >= 4 is 21.6 Å². The first-order valence-electron chi connectivity index (χ1n) is 5.92. The smallest absolute Gasteiger partial charge is 0.0342 e. The zero-order valence-corrected chi connectivity index (χ0v) is 10.8. The molecule has 0 N–H and O–H groups in total. The first-order valence-corrected chi connectivity index (χ1v) is 8.20. The average Bonchev–Trinajstić information content (AvgIpc) is 2.69. The molecule has 0 radical (unpaired) electrons. The largest absolute Gasteiger partial charge is 0.0819 e. The van der Waals surface area contributed by atoms with Gasteiger partial charge in [-0.1, -0.05) is 79.5 Å². The van der Waals surface area contributed by atoms with Crippen LogP contribution in [0, 0.1) is 0 Å². The molecule has 0 bridgehead atoms. The monoisotopic (exact) mass is 230 g/mol. The van der Waals surface area contributed by atoms with Crippen LogP contribution >= 0.6 is 21.6 Å². The third kappa shape index (κ3) is 6.02. The van der Waals surface area contributed by atoms with Crippen molar-refractivity contribution in [1.29, 1.82) is 0 Å². The predicted molar refractivity (Wildman–Crippen MR) is 70.7 cm³/mol. The first-order chi connectivity index (χ1) is 6.93. The highest BCUT2D eigenvalue weighted by Gasteiger charge is 2.09. The number of rotatable bonds is 8. The van der Waals surface area contributed by atoms with Gasteiger partial charge in [-0.25, -0.2) is 0 Å². The average molecular weight is 230 g/mol. The Kier molecular flexibility index (Phi) is 7.80. The Hall–Kier alpha value is 0.440. The molecule has 1 aliphatic heterocycles. The summed E-state index contributed by atoms with van der Waals surface area (Å²) in [6.07, 6.45) is 13.8. The molecule has 0 aliphatic carbocycles. The fourth-order valence-electron chi connectivity index (χ4n) is 1.70. The summed E-state index contributed by atoms with van der Waals surface area (Å²) in [6, 6.07) is 0. The highest BCUT2D eigenvalue weighted by atomic mass is 33.1. The molecular formula is C12H22S2. The maximum absolute atomic E-state index is 2.35. The molecular weight excluding hydrogens is 208 g/mol. The molecule has 1 atom stereocenters. The van der Waals surface area contributed by atoms with Crippen molar-refractivity contribution in [2.45, 2.75) is 63.5 Å². The van der Waals surface area contributed by atoms with E-state index in [1.165, 1.54) is 51.4 Å². The summed E-state index contributed by atoms with van der Waals surface area (Å²) < 4.78 is 0. The standard InChI is InChI=1S/C12H22S2/c1-2-3-4-5-6-7-8-9-12-10-11-13-14-12/h10-12H,2-9H2,1H3. The summed E-state index contributed by atoms with van der Waals surface area (Å²) in [5.74, 6) is 0. The van der Waals surface area contributed by atoms with E-state index >= 15 is 0 Å². The normalized spacial score (nSPS) is 20.5. The molecule has 82 valence electrons. The number of hydrogen-bond donors (Lipinski definition) is 0. The maximum atomic E-state index is 2.35. The van der Waals surface area contributed by atoms with Gasteiger partial charge in [0.2, 0.25) is 0 Å². The molecule has 1 unspecified atom stereocenters. The minimum atomic E-state index is 0.815. The van der Waals surface area contributed by atoms with Crippen molar-refractivity contribution in [3.05, 3.63) is 11.5 Å². The van der Waals surface area contributed by atoms with E-state index in [0.717, 1.165) is 5.25 Å². The van der Waals surface area contributed by atoms with Crippen LogP contribution < -0.4 is 0 Å². The van der Waals surface area contributed by atoms with Gasteiger partial charge in [-0.05, 0) is 11.8 Å². The van der Waals surface area contributed by atoms with Crippen LogP contribution in [0.1, 0.15) is 58.3 Å². The van der Waals surface area contributed by atoms with Crippen LogP contribution in [0.15, 0.2) is 11.5 Å². The SMILES string of the molecule is CCCCCCCCCC1C=CSS1. The van der Waals surface area contributed by atoms with Gasteiger partial charge < -0.3 is 0 Å². The summed E-state index contributed by atoms with van der Waals surface area (Å²) in [5, 5.41) is 3.05. The lowest BCUT2D eigenvalue weighted by atomic mass is 10.1. The Bertz CT molecular complexity index is 154. The van der Waals surface area contributed by atoms with E-state index in [4.69, 9.17) is 0 Å². The molecule has 0 saturated carbocycles. The summed E-state index contributed by atoms with van der Waals surface area (Å²) in [5.41, 5.74) is 0. The molecule has 0 aromatic rings. The van der Waals surface area contributed by atoms with Crippen molar-refractivity contribution in [3.8, 4) is 0 Å². The van der Waals surface area contributed by atoms with Crippen LogP contribution in [-0.2, 0) is 0 Å². The summed E-state index contributed by atoms with van der Waals surface area (Å²) in [7, 11) is 3.91. The zero-order chi connectivity index (χ0) is 10.1. The Balaban J connectivity index is 1.77. The molecule has 1 aliphatic rings. The van der Waals surface area contributed by atoms with E-state index in [1.54, 1.807) is 0 Å². The van der Waals surface area contributed by atoms with Crippen molar-refractivity contribution in [1.82, 2.24) is 0 Å². The highest BCUT2D eigenvalue weighted by Crippen LogP contribution is 2.37. The van der Waals surface area contributed by atoms with Crippen molar-refractivity contribution < 1.29 is 0 Å². The van der Waals surface area contributed by atoms with Gasteiger partial charge in [0.1, 0.15) is 0 Å². The second-order valence-corrected chi connectivity index (χ2v) is 6.39. The van der Waals surface area contributed by atoms with Crippen LogP contribution in [0.5, 0.6) is 0 Å². The lowest BCUT2D eigenvalue weighted by Gasteiger charge is -2.05. The van der Waals surface area contributed by atoms with E-state index in [0.29, 0.717) is 0 Å². The molecule has 0 amide bonds. The quantitative estimate of drug-likeness (QED) is 0.404. The van der Waals surface area contributed by atoms with Crippen molar-refractivity contribution in [2.24, 2.45) is 0 Å². The van der Waals surface area contributed by atoms with Gasteiger partial charge in [-0.3, -0.25) is 0 Å². The van der Waals surface area contributed by atoms with Gasteiger partial charge in [-0.2, -0.15) is 0 Å². The molecule has 0 spiro atoms. The minimum Gasteiger partial charge on any atom is -0.0819 e. The van der Waals surface area contributed by atoms with E-state index in [2.05, 4.69) is 18.4 Å². The Morgan fingerprint density at radius 3 is 2.36 bits per heavy atom. The Labute approximate surface area is 96.7 Å². The highest BCUT2D eigenvalue weighted by molar-refractivity contribution is 8.78. The van der Waals surface area contributed by atoms with Gasteiger partial charge in [-0.15, -0.1) is 0 Å². The van der Waals surface area contributed by atoms with Gasteiger partial charge in [0.05, 0.1) is 0 Å². The van der Waals surface area contributed by atoms with Crippen LogP contribution in [0.2, 0.25) is 0 Å². The topological polar surface area (TPSA) is 0 Å². The zero-order valence-electron chi connectivity index (χ0n) is 9.21. The fourth-order valence-corrected chi connectivity index (χ4v) is 3.96. The predicted octanol–water partition coefficient (Wildman–Crippen LogP) is 5.40. The van der Waals surface area contributed by atoms with Gasteiger partial charge in [0, 0.05) is 5.25 Å². The lowest BCUT2D eigenvalue weighted by molar-refractivity contribution is 0.580. The molecule has 0 aromatic heterocycles. The van der Waals surface area contributed by atoms with Gasteiger partial charge in [0.15, 0.2) is 0 Å². The molecule has 14 heavy (non-hydrogen) atoms. The molecule has 0 nitrogen and oxygen atoms in total. The second kappa shape index (κ2) is 8.72. The molecule has 0 aromatic carbocycles. The third-order valence-corrected chi connectivity index (χ3v) is 5.05. The van der Waals surface area contributed by atoms with Crippen LogP contribution in [0.25, 0.3) is 0 Å². The Morgan fingerprint density at radius 2 is 1.71 bits per heavy atom. The molecule has 1 rings (SSSR count). The van der Waals surface area contributed by atoms with Crippen LogP contribution in [0.4, 0.5) is 0 Å². The lowest BCUT2D eigenvalue weighted by Crippen LogP contribution is -1.93. The van der Waals surface area contributed by atoms with Crippen molar-refractivity contribution in [2.75, 3.05) is 0 Å². The second-order valence-electron chi connectivity index (χ2n) is 3.97. The first kappa shape index (κ1) is 12.5. The van der Waals surface area contributed by atoms with E-state index in [9.17, 15) is 0 Å².